The minimum Gasteiger partial charge on any atom is -0.465 e. The minimum atomic E-state index is -0.0186. The van der Waals surface area contributed by atoms with Crippen molar-refractivity contribution in [2.45, 2.75) is 47.5 Å². The maximum absolute atomic E-state index is 11.6. The molecule has 0 spiro atoms. The summed E-state index contributed by atoms with van der Waals surface area (Å²) in [5, 5.41) is 0. The van der Waals surface area contributed by atoms with E-state index < -0.39 is 0 Å². The monoisotopic (exact) mass is 200 g/mol. The fourth-order valence-corrected chi connectivity index (χ4v) is 1.37. The van der Waals surface area contributed by atoms with Crippen molar-refractivity contribution in [2.24, 2.45) is 17.8 Å². The molecule has 0 heterocycles. The lowest BCUT2D eigenvalue weighted by Crippen LogP contribution is -2.20. The van der Waals surface area contributed by atoms with Crippen molar-refractivity contribution in [2.75, 3.05) is 6.61 Å². The summed E-state index contributed by atoms with van der Waals surface area (Å²) in [7, 11) is 0. The van der Waals surface area contributed by atoms with Crippen molar-refractivity contribution in [1.82, 2.24) is 0 Å². The van der Waals surface area contributed by atoms with Gasteiger partial charge in [0, 0.05) is 0 Å². The summed E-state index contributed by atoms with van der Waals surface area (Å²) in [6.07, 6.45) is 1.82. The van der Waals surface area contributed by atoms with Crippen molar-refractivity contribution in [3.63, 3.8) is 0 Å². The van der Waals surface area contributed by atoms with E-state index in [4.69, 9.17) is 4.74 Å². The predicted molar refractivity (Wildman–Crippen MR) is 59.0 cm³/mol. The molecular weight excluding hydrogens is 176 g/mol. The lowest BCUT2D eigenvalue weighted by molar-refractivity contribution is -0.150. The quantitative estimate of drug-likeness (QED) is 0.615. The highest BCUT2D eigenvalue weighted by Crippen LogP contribution is 2.17. The summed E-state index contributed by atoms with van der Waals surface area (Å²) in [6, 6.07) is 0. The second-order valence-corrected chi connectivity index (χ2v) is 4.76. The lowest BCUT2D eigenvalue weighted by Gasteiger charge is -2.16. The molecule has 0 N–H and O–H groups in total. The molecule has 0 radical (unpaired) electrons. The number of ether oxygens (including phenoxy) is 1. The Labute approximate surface area is 88.0 Å². The van der Waals surface area contributed by atoms with Crippen LogP contribution in [0.5, 0.6) is 0 Å². The fourth-order valence-electron chi connectivity index (χ4n) is 1.37. The van der Waals surface area contributed by atoms with Gasteiger partial charge < -0.3 is 4.74 Å². The van der Waals surface area contributed by atoms with E-state index in [-0.39, 0.29) is 11.9 Å². The SMILES string of the molecule is CC[C@H](CC(C)C)C(=O)OCC(C)C. The van der Waals surface area contributed by atoms with Crippen LogP contribution in [0, 0.1) is 17.8 Å². The van der Waals surface area contributed by atoms with Crippen LogP contribution in [-0.2, 0) is 9.53 Å². The van der Waals surface area contributed by atoms with Crippen LogP contribution in [0.15, 0.2) is 0 Å². The number of rotatable bonds is 6. The van der Waals surface area contributed by atoms with Crippen molar-refractivity contribution in [3.8, 4) is 0 Å². The van der Waals surface area contributed by atoms with Crippen LogP contribution in [-0.4, -0.2) is 12.6 Å². The van der Waals surface area contributed by atoms with Crippen molar-refractivity contribution in [1.29, 1.82) is 0 Å². The zero-order valence-electron chi connectivity index (χ0n) is 10.2. The molecule has 1 atom stereocenters. The van der Waals surface area contributed by atoms with Gasteiger partial charge in [-0.25, -0.2) is 0 Å². The third-order valence-electron chi connectivity index (χ3n) is 2.14. The van der Waals surface area contributed by atoms with Gasteiger partial charge in [0.15, 0.2) is 0 Å². The van der Waals surface area contributed by atoms with Crippen molar-refractivity contribution >= 4 is 5.97 Å². The third kappa shape index (κ3) is 6.01. The molecule has 0 amide bonds. The van der Waals surface area contributed by atoms with E-state index in [1.165, 1.54) is 0 Å². The topological polar surface area (TPSA) is 26.3 Å². The Bertz CT molecular complexity index is 162. The first-order chi connectivity index (χ1) is 6.47. The smallest absolute Gasteiger partial charge is 0.308 e. The standard InChI is InChI=1S/C12H24O2/c1-6-11(7-9(2)3)12(13)14-8-10(4)5/h9-11H,6-8H2,1-5H3/t11-/m1/s1. The molecule has 0 bridgehead atoms. The molecule has 0 aliphatic rings. The molecule has 0 aliphatic heterocycles. The second kappa shape index (κ2) is 6.86. The second-order valence-electron chi connectivity index (χ2n) is 4.76. The summed E-state index contributed by atoms with van der Waals surface area (Å²) in [5.74, 6) is 1.06. The largest absolute Gasteiger partial charge is 0.465 e. The first-order valence-electron chi connectivity index (χ1n) is 5.64. The van der Waals surface area contributed by atoms with E-state index in [2.05, 4.69) is 27.7 Å². The first kappa shape index (κ1) is 13.5. The maximum atomic E-state index is 11.6. The molecular formula is C12H24O2. The molecule has 0 saturated heterocycles. The minimum absolute atomic E-state index is 0.0186. The summed E-state index contributed by atoms with van der Waals surface area (Å²) in [4.78, 5) is 11.6. The van der Waals surface area contributed by atoms with E-state index in [1.807, 2.05) is 6.92 Å². The van der Waals surface area contributed by atoms with Gasteiger partial charge in [-0.1, -0.05) is 34.6 Å². The van der Waals surface area contributed by atoms with Crippen LogP contribution in [0.1, 0.15) is 47.5 Å². The van der Waals surface area contributed by atoms with E-state index in [9.17, 15) is 4.79 Å². The number of carbonyl (C=O) groups excluding carboxylic acids is 1. The third-order valence-corrected chi connectivity index (χ3v) is 2.14. The molecule has 0 aromatic heterocycles. The number of carbonyl (C=O) groups is 1. The van der Waals surface area contributed by atoms with Gasteiger partial charge in [0.25, 0.3) is 0 Å². The molecule has 0 fully saturated rings. The fraction of sp³-hybridized carbons (Fsp3) is 0.917. The highest BCUT2D eigenvalue weighted by atomic mass is 16.5. The molecule has 0 unspecified atom stereocenters. The Balaban J connectivity index is 3.92. The average Bonchev–Trinajstić information content (AvgIpc) is 2.09. The highest BCUT2D eigenvalue weighted by molar-refractivity contribution is 5.72. The van der Waals surface area contributed by atoms with E-state index in [0.29, 0.717) is 18.4 Å². The van der Waals surface area contributed by atoms with E-state index in [0.717, 1.165) is 12.8 Å². The molecule has 2 nitrogen and oxygen atoms in total. The Morgan fingerprint density at radius 1 is 1.14 bits per heavy atom. The number of hydrogen-bond acceptors (Lipinski definition) is 2. The zero-order valence-corrected chi connectivity index (χ0v) is 10.2. The van der Waals surface area contributed by atoms with Crippen LogP contribution in [0.25, 0.3) is 0 Å². The Kier molecular flexibility index (Phi) is 6.60. The Morgan fingerprint density at radius 2 is 1.71 bits per heavy atom. The van der Waals surface area contributed by atoms with Gasteiger partial charge in [-0.2, -0.15) is 0 Å². The summed E-state index contributed by atoms with van der Waals surface area (Å²) in [5.41, 5.74) is 0. The summed E-state index contributed by atoms with van der Waals surface area (Å²) >= 11 is 0. The molecule has 84 valence electrons. The van der Waals surface area contributed by atoms with Crippen molar-refractivity contribution < 1.29 is 9.53 Å². The highest BCUT2D eigenvalue weighted by Gasteiger charge is 2.19. The molecule has 0 rings (SSSR count). The van der Waals surface area contributed by atoms with Gasteiger partial charge in [0.2, 0.25) is 0 Å². The Hall–Kier alpha value is -0.530. The predicted octanol–water partition coefficient (Wildman–Crippen LogP) is 3.26. The summed E-state index contributed by atoms with van der Waals surface area (Å²) < 4.78 is 5.22. The van der Waals surface area contributed by atoms with Gasteiger partial charge in [-0.3, -0.25) is 4.79 Å². The average molecular weight is 200 g/mol. The summed E-state index contributed by atoms with van der Waals surface area (Å²) in [6.45, 7) is 11.0. The van der Waals surface area contributed by atoms with E-state index in [1.54, 1.807) is 0 Å². The Morgan fingerprint density at radius 3 is 2.07 bits per heavy atom. The molecule has 0 aromatic carbocycles. The first-order valence-corrected chi connectivity index (χ1v) is 5.64. The maximum Gasteiger partial charge on any atom is 0.308 e. The van der Waals surface area contributed by atoms with Gasteiger partial charge in [-0.05, 0) is 24.7 Å². The molecule has 14 heavy (non-hydrogen) atoms. The lowest BCUT2D eigenvalue weighted by atomic mass is 9.95. The number of esters is 1. The van der Waals surface area contributed by atoms with Crippen LogP contribution in [0.2, 0.25) is 0 Å². The van der Waals surface area contributed by atoms with Gasteiger partial charge in [0.1, 0.15) is 0 Å². The van der Waals surface area contributed by atoms with Gasteiger partial charge in [0.05, 0.1) is 12.5 Å². The van der Waals surface area contributed by atoms with Crippen LogP contribution < -0.4 is 0 Å². The van der Waals surface area contributed by atoms with Crippen LogP contribution in [0.4, 0.5) is 0 Å². The molecule has 2 heteroatoms. The molecule has 0 aromatic rings. The van der Waals surface area contributed by atoms with E-state index >= 15 is 0 Å². The van der Waals surface area contributed by atoms with Gasteiger partial charge >= 0.3 is 5.97 Å². The normalized spacial score (nSPS) is 13.4. The molecule has 0 saturated carbocycles. The zero-order chi connectivity index (χ0) is 11.1. The van der Waals surface area contributed by atoms with Crippen LogP contribution >= 0.6 is 0 Å². The van der Waals surface area contributed by atoms with Crippen molar-refractivity contribution in [3.05, 3.63) is 0 Å². The van der Waals surface area contributed by atoms with Crippen LogP contribution in [0.3, 0.4) is 0 Å². The van der Waals surface area contributed by atoms with Gasteiger partial charge in [-0.15, -0.1) is 0 Å². The molecule has 0 aliphatic carbocycles. The number of hydrogen-bond donors (Lipinski definition) is 0.